The molecule has 34 heavy (non-hydrogen) atoms. The van der Waals surface area contributed by atoms with E-state index >= 15 is 0 Å². The fourth-order valence-electron chi connectivity index (χ4n) is 3.39. The Labute approximate surface area is 192 Å². The fraction of sp³-hybridized carbons (Fsp3) is 0.200. The summed E-state index contributed by atoms with van der Waals surface area (Å²) >= 11 is 0. The summed E-state index contributed by atoms with van der Waals surface area (Å²) in [7, 11) is -5.42. The number of hydrogen-bond acceptors (Lipinski definition) is 7. The van der Waals surface area contributed by atoms with Crippen LogP contribution in [0.15, 0.2) is 52.0 Å². The fourth-order valence-corrected chi connectivity index (χ4v) is 4.67. The molecule has 2 heterocycles. The van der Waals surface area contributed by atoms with E-state index in [0.29, 0.717) is 16.7 Å². The van der Waals surface area contributed by atoms with Crippen molar-refractivity contribution in [2.75, 3.05) is 10.0 Å². The van der Waals surface area contributed by atoms with Crippen molar-refractivity contribution in [3.63, 3.8) is 0 Å². The molecular formula is C20H17BF3N3O6S. The third kappa shape index (κ3) is 5.08. The molecule has 0 spiro atoms. The standard InChI is InChI=1S/C20H17BF3N3O6S/c1-11-9-32-18(25-11)7-13-6-14(26-19(28)20(22,23)24)4-5-17(13)34(30,31)27-15-3-2-12-10-33-21(29)16(12)8-15/h2-6,8-9,27,29H,7,10H2,1H3,(H,26,28). The maximum Gasteiger partial charge on any atom is 0.491 e. The van der Waals surface area contributed by atoms with E-state index in [1.165, 1.54) is 18.4 Å². The van der Waals surface area contributed by atoms with E-state index in [2.05, 4.69) is 9.71 Å². The topological polar surface area (TPSA) is 131 Å². The van der Waals surface area contributed by atoms with E-state index < -0.39 is 29.2 Å². The van der Waals surface area contributed by atoms with Gasteiger partial charge in [-0.3, -0.25) is 9.52 Å². The van der Waals surface area contributed by atoms with E-state index in [1.54, 1.807) is 18.3 Å². The lowest BCUT2D eigenvalue weighted by Gasteiger charge is -2.15. The van der Waals surface area contributed by atoms with Crippen LogP contribution in [0.25, 0.3) is 0 Å². The molecule has 1 aliphatic rings. The lowest BCUT2D eigenvalue weighted by Crippen LogP contribution is -2.30. The number of amides is 1. The largest absolute Gasteiger partial charge is 0.491 e. The maximum absolute atomic E-state index is 13.2. The summed E-state index contributed by atoms with van der Waals surface area (Å²) in [5.41, 5.74) is 1.59. The predicted octanol–water partition coefficient (Wildman–Crippen LogP) is 2.09. The van der Waals surface area contributed by atoms with Crippen LogP contribution in [0.2, 0.25) is 0 Å². The van der Waals surface area contributed by atoms with Crippen LogP contribution < -0.4 is 15.5 Å². The number of aryl methyl sites for hydroxylation is 1. The Balaban J connectivity index is 1.68. The molecule has 3 N–H and O–H groups in total. The van der Waals surface area contributed by atoms with Gasteiger partial charge in [-0.05, 0) is 53.8 Å². The number of anilines is 2. The van der Waals surface area contributed by atoms with Crippen molar-refractivity contribution in [1.29, 1.82) is 0 Å². The molecule has 1 aliphatic heterocycles. The number of nitrogens with zero attached hydrogens (tertiary/aromatic N) is 1. The highest BCUT2D eigenvalue weighted by atomic mass is 32.2. The van der Waals surface area contributed by atoms with Crippen LogP contribution in [0.5, 0.6) is 0 Å². The number of carbonyl (C=O) groups excluding carboxylic acids is 1. The minimum Gasteiger partial charge on any atom is -0.448 e. The minimum atomic E-state index is -5.12. The zero-order valence-electron chi connectivity index (χ0n) is 17.5. The normalized spacial score (nSPS) is 13.6. The van der Waals surface area contributed by atoms with Crippen molar-refractivity contribution in [2.45, 2.75) is 31.0 Å². The number of alkyl halides is 3. The van der Waals surface area contributed by atoms with Crippen molar-refractivity contribution < 1.29 is 40.5 Å². The monoisotopic (exact) mass is 495 g/mol. The zero-order chi connectivity index (χ0) is 24.7. The first-order valence-corrected chi connectivity index (χ1v) is 11.3. The Hall–Kier alpha value is -3.36. The second-order valence-corrected chi connectivity index (χ2v) is 9.17. The summed E-state index contributed by atoms with van der Waals surface area (Å²) in [5.74, 6) is -2.07. The summed E-state index contributed by atoms with van der Waals surface area (Å²) in [4.78, 5) is 15.2. The van der Waals surface area contributed by atoms with Crippen LogP contribution in [-0.4, -0.2) is 37.6 Å². The molecule has 0 aliphatic carbocycles. The van der Waals surface area contributed by atoms with E-state index in [-0.39, 0.29) is 40.8 Å². The highest BCUT2D eigenvalue weighted by Crippen LogP contribution is 2.27. The third-order valence-corrected chi connectivity index (χ3v) is 6.42. The van der Waals surface area contributed by atoms with Gasteiger partial charge in [-0.15, -0.1) is 0 Å². The minimum absolute atomic E-state index is 0.0406. The predicted molar refractivity (Wildman–Crippen MR) is 115 cm³/mol. The van der Waals surface area contributed by atoms with Gasteiger partial charge in [-0.25, -0.2) is 13.4 Å². The number of fused-ring (bicyclic) bond motifs is 1. The second kappa shape index (κ2) is 8.78. The molecule has 0 fully saturated rings. The van der Waals surface area contributed by atoms with Crippen molar-refractivity contribution in [1.82, 2.24) is 4.98 Å². The number of halogens is 3. The van der Waals surface area contributed by atoms with E-state index in [4.69, 9.17) is 9.07 Å². The SMILES string of the molecule is Cc1coc(Cc2cc(NC(=O)C(F)(F)F)ccc2S(=O)(=O)Nc2ccc3c(c2)B(O)OC3)n1. The van der Waals surface area contributed by atoms with Gasteiger partial charge in [0, 0.05) is 11.4 Å². The summed E-state index contributed by atoms with van der Waals surface area (Å²) in [6, 6.07) is 7.76. The number of benzene rings is 2. The first-order valence-electron chi connectivity index (χ1n) is 9.80. The first-order chi connectivity index (χ1) is 15.9. The Morgan fingerprint density at radius 2 is 1.94 bits per heavy atom. The lowest BCUT2D eigenvalue weighted by atomic mass is 9.79. The Morgan fingerprint density at radius 3 is 2.62 bits per heavy atom. The van der Waals surface area contributed by atoms with Crippen LogP contribution in [0, 0.1) is 6.92 Å². The third-order valence-electron chi connectivity index (χ3n) is 4.93. The zero-order valence-corrected chi connectivity index (χ0v) is 18.3. The molecule has 4 rings (SSSR count). The van der Waals surface area contributed by atoms with Gasteiger partial charge >= 0.3 is 19.2 Å². The van der Waals surface area contributed by atoms with E-state index in [9.17, 15) is 31.4 Å². The van der Waals surface area contributed by atoms with Crippen LogP contribution in [0.3, 0.4) is 0 Å². The lowest BCUT2D eigenvalue weighted by molar-refractivity contribution is -0.167. The average Bonchev–Trinajstić information content (AvgIpc) is 3.32. The molecule has 1 aromatic heterocycles. The number of sulfonamides is 1. The Morgan fingerprint density at radius 1 is 1.21 bits per heavy atom. The molecule has 0 bridgehead atoms. The summed E-state index contributed by atoms with van der Waals surface area (Å²) in [6.45, 7) is 1.84. The molecular weight excluding hydrogens is 478 g/mol. The smallest absolute Gasteiger partial charge is 0.448 e. The molecule has 0 radical (unpaired) electrons. The Kier molecular flexibility index (Phi) is 6.14. The molecule has 0 saturated heterocycles. The van der Waals surface area contributed by atoms with Crippen LogP contribution in [0.1, 0.15) is 22.7 Å². The molecule has 0 atom stereocenters. The molecule has 9 nitrogen and oxygen atoms in total. The number of nitrogens with one attached hydrogen (secondary N) is 2. The summed E-state index contributed by atoms with van der Waals surface area (Å²) in [5, 5.41) is 11.6. The summed E-state index contributed by atoms with van der Waals surface area (Å²) in [6.07, 6.45) is -3.94. The van der Waals surface area contributed by atoms with Crippen LogP contribution >= 0.6 is 0 Å². The number of rotatable bonds is 6. The quantitative estimate of drug-likeness (QED) is 0.447. The van der Waals surface area contributed by atoms with Gasteiger partial charge in [-0.1, -0.05) is 6.07 Å². The molecule has 3 aromatic rings. The summed E-state index contributed by atoms with van der Waals surface area (Å²) < 4.78 is 77.0. The Bertz CT molecular complexity index is 1360. The van der Waals surface area contributed by atoms with Crippen molar-refractivity contribution in [3.8, 4) is 0 Å². The van der Waals surface area contributed by atoms with Crippen LogP contribution in [0.4, 0.5) is 24.5 Å². The van der Waals surface area contributed by atoms with Gasteiger partial charge in [-0.2, -0.15) is 13.2 Å². The van der Waals surface area contributed by atoms with E-state index in [1.807, 2.05) is 0 Å². The molecule has 2 aromatic carbocycles. The van der Waals surface area contributed by atoms with Gasteiger partial charge in [0.2, 0.25) is 0 Å². The number of oxazole rings is 1. The van der Waals surface area contributed by atoms with Crippen LogP contribution in [-0.2, 0) is 32.5 Å². The highest BCUT2D eigenvalue weighted by Gasteiger charge is 2.39. The molecule has 0 saturated carbocycles. The maximum atomic E-state index is 13.2. The van der Waals surface area contributed by atoms with Crippen molar-refractivity contribution in [2.24, 2.45) is 0 Å². The van der Waals surface area contributed by atoms with Crippen molar-refractivity contribution in [3.05, 3.63) is 65.4 Å². The van der Waals surface area contributed by atoms with Gasteiger partial charge in [0.25, 0.3) is 10.0 Å². The van der Waals surface area contributed by atoms with Crippen molar-refractivity contribution >= 4 is 39.9 Å². The molecule has 1 amide bonds. The van der Waals surface area contributed by atoms with Gasteiger partial charge in [0.1, 0.15) is 6.26 Å². The molecule has 178 valence electrons. The van der Waals surface area contributed by atoms with Gasteiger partial charge < -0.3 is 19.4 Å². The van der Waals surface area contributed by atoms with E-state index in [0.717, 1.165) is 18.2 Å². The first kappa shape index (κ1) is 23.8. The van der Waals surface area contributed by atoms with Gasteiger partial charge in [0.15, 0.2) is 5.89 Å². The molecule has 0 unspecified atom stereocenters. The average molecular weight is 495 g/mol. The van der Waals surface area contributed by atoms with Gasteiger partial charge in [0.05, 0.1) is 23.6 Å². The second-order valence-electron chi connectivity index (χ2n) is 7.52. The molecule has 14 heteroatoms. The number of hydrogen-bond donors (Lipinski definition) is 3. The highest BCUT2D eigenvalue weighted by molar-refractivity contribution is 7.92. The number of carbonyl (C=O) groups is 1. The number of aromatic nitrogens is 1.